The fraction of sp³-hybridized carbons (Fsp3) is 0.492. The first-order valence-electron chi connectivity index (χ1n) is 29.4. The first-order chi connectivity index (χ1) is 41.7. The number of nitrogens with zero attached hydrogens (tertiary/aromatic N) is 6. The van der Waals surface area contributed by atoms with Crippen molar-refractivity contribution in [2.24, 2.45) is 23.5 Å². The number of hydrogen-bond donors (Lipinski definition) is 7. The summed E-state index contributed by atoms with van der Waals surface area (Å²) in [5.41, 5.74) is 6.86. The van der Waals surface area contributed by atoms with Gasteiger partial charge in [-0.1, -0.05) is 62.7 Å². The molecule has 87 heavy (non-hydrogen) atoms. The van der Waals surface area contributed by atoms with Gasteiger partial charge in [-0.25, -0.2) is 32.5 Å². The molecule has 4 aromatic rings. The minimum atomic E-state index is -1.65. The Hall–Kier alpha value is -8.36. The summed E-state index contributed by atoms with van der Waals surface area (Å²) in [4.78, 5) is 114. The van der Waals surface area contributed by atoms with E-state index in [0.717, 1.165) is 28.7 Å². The number of aliphatic hydroxyl groups excluding tert-OH is 2. The van der Waals surface area contributed by atoms with Crippen LogP contribution in [0.3, 0.4) is 0 Å². The van der Waals surface area contributed by atoms with Crippen molar-refractivity contribution >= 4 is 53.4 Å². The zero-order chi connectivity index (χ0) is 62.3. The fourth-order valence-corrected chi connectivity index (χ4v) is 11.2. The number of imide groups is 1. The van der Waals surface area contributed by atoms with Gasteiger partial charge in [-0.05, 0) is 91.8 Å². The topological polar surface area (TPSA) is 300 Å². The summed E-state index contributed by atoms with van der Waals surface area (Å²) >= 11 is 0. The summed E-state index contributed by atoms with van der Waals surface area (Å²) in [7, 11) is 0. The second-order valence-electron chi connectivity index (χ2n) is 22.8. The van der Waals surface area contributed by atoms with E-state index in [1.807, 2.05) is 30.3 Å². The highest BCUT2D eigenvalue weighted by molar-refractivity contribution is 6.12. The number of halogens is 3. The predicted molar refractivity (Wildman–Crippen MR) is 310 cm³/mol. The average Bonchev–Trinajstić information content (AvgIpc) is 2.36. The van der Waals surface area contributed by atoms with Crippen LogP contribution in [0.4, 0.5) is 33.2 Å². The number of carbonyl (C=O) groups excluding carboxylic acids is 8. The van der Waals surface area contributed by atoms with Crippen molar-refractivity contribution in [1.29, 1.82) is 0 Å². The number of primary amides is 1. The lowest BCUT2D eigenvalue weighted by Crippen LogP contribution is -2.54. The minimum absolute atomic E-state index is 0.0676. The van der Waals surface area contributed by atoms with Crippen LogP contribution in [0, 0.1) is 29.4 Å². The van der Waals surface area contributed by atoms with E-state index in [4.69, 9.17) is 20.2 Å². The number of unbranched alkanes of at least 4 members (excludes halogenated alkanes) is 2. The number of nitrogens with one attached hydrogen (secondary N) is 4. The molecule has 3 fully saturated rings. The molecule has 3 unspecified atom stereocenters. The molecule has 468 valence electrons. The van der Waals surface area contributed by atoms with Gasteiger partial charge in [-0.3, -0.25) is 28.9 Å². The van der Waals surface area contributed by atoms with Crippen molar-refractivity contribution in [3.63, 3.8) is 0 Å². The molecule has 1 aromatic heterocycles. The smallest absolute Gasteiger partial charge is 0.410 e. The third-order valence-electron chi connectivity index (χ3n) is 16.0. The monoisotopic (exact) mass is 1210 g/mol. The van der Waals surface area contributed by atoms with Crippen molar-refractivity contribution in [3.8, 4) is 11.3 Å². The molecule has 8 N–H and O–H groups in total. The molecule has 0 radical (unpaired) electrons. The van der Waals surface area contributed by atoms with Gasteiger partial charge >= 0.3 is 18.2 Å². The molecular weight excluding hydrogens is 1140 g/mol. The van der Waals surface area contributed by atoms with Crippen LogP contribution in [0.5, 0.6) is 0 Å². The quantitative estimate of drug-likeness (QED) is 0.0325. The van der Waals surface area contributed by atoms with Gasteiger partial charge in [-0.2, -0.15) is 0 Å². The lowest BCUT2D eigenvalue weighted by molar-refractivity contribution is -0.137. The van der Waals surface area contributed by atoms with E-state index >= 15 is 13.6 Å². The van der Waals surface area contributed by atoms with E-state index in [0.29, 0.717) is 62.4 Å². The lowest BCUT2D eigenvalue weighted by Gasteiger charge is -2.41. The van der Waals surface area contributed by atoms with Crippen LogP contribution in [0.2, 0.25) is 0 Å². The third kappa shape index (κ3) is 17.4. The van der Waals surface area contributed by atoms with Crippen LogP contribution >= 0.6 is 0 Å². The molecule has 8 rings (SSSR count). The first-order valence-corrected chi connectivity index (χ1v) is 29.4. The number of likely N-dealkylation sites (tertiary alicyclic amines) is 2. The molecule has 3 aromatic carbocycles. The molecule has 4 aliphatic heterocycles. The molecule has 10 amide bonds. The maximum absolute atomic E-state index is 16.6. The van der Waals surface area contributed by atoms with E-state index in [1.165, 1.54) is 26.9 Å². The molecule has 26 heteroatoms. The number of nitrogens with two attached hydrogens (primary N) is 1. The molecule has 4 aliphatic rings. The van der Waals surface area contributed by atoms with Gasteiger partial charge in [0, 0.05) is 87.9 Å². The number of anilines is 1. The predicted octanol–water partition coefficient (Wildman–Crippen LogP) is 4.91. The summed E-state index contributed by atoms with van der Waals surface area (Å²) in [6.07, 6.45) is 1.75. The third-order valence-corrected chi connectivity index (χ3v) is 16.0. The van der Waals surface area contributed by atoms with Crippen molar-refractivity contribution in [1.82, 2.24) is 45.1 Å². The fourth-order valence-electron chi connectivity index (χ4n) is 11.2. The summed E-state index contributed by atoms with van der Waals surface area (Å²) < 4.78 is 60.1. The Morgan fingerprint density at radius 1 is 0.828 bits per heavy atom. The molecular formula is C61H76F3N11O12. The maximum Gasteiger partial charge on any atom is 0.410 e. The number of carbonyl (C=O) groups is 8. The number of β-amino-alcohol motifs (C(OH)–C–C–N with tert-alkyl or cyclic N) is 2. The Morgan fingerprint density at radius 3 is 2.21 bits per heavy atom. The Balaban J connectivity index is 0.917. The number of amides is 10. The van der Waals surface area contributed by atoms with Crippen LogP contribution < -0.4 is 27.0 Å². The minimum Gasteiger partial charge on any atom is -0.445 e. The van der Waals surface area contributed by atoms with Crippen LogP contribution in [0.15, 0.2) is 91.1 Å². The van der Waals surface area contributed by atoms with Crippen molar-refractivity contribution in [2.45, 2.75) is 115 Å². The van der Waals surface area contributed by atoms with Gasteiger partial charge in [0.15, 0.2) is 0 Å². The van der Waals surface area contributed by atoms with Gasteiger partial charge in [0.25, 0.3) is 11.8 Å². The van der Waals surface area contributed by atoms with Gasteiger partial charge in [0.1, 0.15) is 42.3 Å². The molecule has 5 heterocycles. The standard InChI is InChI=1S/C61H76F3N11O12/c1-37(2)54(70-51(78)13-7-4-8-25-74-52(79)20-21-53(74)80)58(82)69-47(12-9-24-66-59(65)83)57(81)67-43-17-14-39(15-18-43)36-87-61(85)73-30-41(46(64)32-73)31-75(60(84)72-34-49(76)50(77)35-72)55(40-22-26-86-27-23-40)56-68-48(44-28-42(62)16-19-45(44)63)33-71(56)29-38-10-5-3-6-11-38/h3,5-6,10-11,14-21,28,33,37,40-41,46-47,49-50,54-55,76-77H,4,7-9,12-13,22-27,29-32,34-36H2,1-2H3,(H,67,81)(H,69,82)(H,70,78)(H3,65,66,83)/t41-,46-,47?,49-,50-,54?,55?/m0/s1. The second-order valence-corrected chi connectivity index (χ2v) is 22.8. The highest BCUT2D eigenvalue weighted by Crippen LogP contribution is 2.40. The summed E-state index contributed by atoms with van der Waals surface area (Å²) in [6, 6.07) is 14.2. The number of urea groups is 2. The average molecular weight is 1210 g/mol. The number of ether oxygens (including phenoxy) is 2. The molecule has 0 spiro atoms. The van der Waals surface area contributed by atoms with E-state index < -0.39 is 89.9 Å². The zero-order valence-corrected chi connectivity index (χ0v) is 48.7. The van der Waals surface area contributed by atoms with Crippen molar-refractivity contribution in [3.05, 3.63) is 120 Å². The molecule has 0 saturated carbocycles. The van der Waals surface area contributed by atoms with Gasteiger partial charge < -0.3 is 66.0 Å². The SMILES string of the molecule is CC(C)C(NC(=O)CCCCCN1C(=O)C=CC1=O)C(=O)NC(CCCNC(N)=O)C(=O)Nc1ccc(COC(=O)N2C[C@@H](CN(C(=O)N3C[C@H](O)[C@@H](O)C3)C(c3nc(-c4cc(F)ccc4F)cn3Cc3ccccc3)C3CCOCC3)[C@@H](F)C2)cc1. The molecule has 7 atom stereocenters. The Kier molecular flexibility index (Phi) is 22.5. The highest BCUT2D eigenvalue weighted by Gasteiger charge is 2.46. The van der Waals surface area contributed by atoms with Crippen LogP contribution in [0.25, 0.3) is 11.3 Å². The summed E-state index contributed by atoms with van der Waals surface area (Å²) in [5.74, 6) is -5.21. The van der Waals surface area contributed by atoms with E-state index in [2.05, 4.69) is 21.3 Å². The number of alkyl halides is 1. The number of aliphatic hydroxyl groups is 2. The van der Waals surface area contributed by atoms with Crippen molar-refractivity contribution in [2.75, 3.05) is 64.3 Å². The molecule has 23 nitrogen and oxygen atoms in total. The largest absolute Gasteiger partial charge is 0.445 e. The highest BCUT2D eigenvalue weighted by atomic mass is 19.1. The van der Waals surface area contributed by atoms with Crippen LogP contribution in [-0.2, 0) is 46.6 Å². The van der Waals surface area contributed by atoms with E-state index in [1.54, 1.807) is 48.9 Å². The number of benzene rings is 3. The molecule has 0 bridgehead atoms. The van der Waals surface area contributed by atoms with Gasteiger partial charge in [0.2, 0.25) is 17.7 Å². The number of imidazole rings is 1. The molecule has 0 aliphatic carbocycles. The number of aromatic nitrogens is 2. The zero-order valence-electron chi connectivity index (χ0n) is 48.7. The van der Waals surface area contributed by atoms with Gasteiger partial charge in [0.05, 0.1) is 43.6 Å². The van der Waals surface area contributed by atoms with Crippen molar-refractivity contribution < 1.29 is 71.2 Å². The Labute approximate surface area is 501 Å². The number of hydrogen-bond acceptors (Lipinski definition) is 13. The van der Waals surface area contributed by atoms with Crippen LogP contribution in [-0.4, -0.2) is 177 Å². The van der Waals surface area contributed by atoms with E-state index in [-0.39, 0.29) is 113 Å². The maximum atomic E-state index is 16.6. The number of rotatable bonds is 26. The summed E-state index contributed by atoms with van der Waals surface area (Å²) in [5, 5.41) is 32.0. The van der Waals surface area contributed by atoms with E-state index in [9.17, 15) is 48.2 Å². The van der Waals surface area contributed by atoms with Gasteiger partial charge in [-0.15, -0.1) is 0 Å². The lowest BCUT2D eigenvalue weighted by atomic mass is 9.89. The second kappa shape index (κ2) is 30.3. The summed E-state index contributed by atoms with van der Waals surface area (Å²) in [6.45, 7) is 3.14. The molecule has 3 saturated heterocycles. The Morgan fingerprint density at radius 2 is 1.53 bits per heavy atom. The normalized spacial score (nSPS) is 19.7. The first kappa shape index (κ1) is 64.6. The Bertz CT molecular complexity index is 3080. The van der Waals surface area contributed by atoms with Crippen LogP contribution in [0.1, 0.15) is 88.2 Å².